The van der Waals surface area contributed by atoms with Crippen LogP contribution in [0.3, 0.4) is 0 Å². The topological polar surface area (TPSA) is 57.6 Å². The van der Waals surface area contributed by atoms with Crippen molar-refractivity contribution in [3.63, 3.8) is 0 Å². The van der Waals surface area contributed by atoms with Gasteiger partial charge in [0.2, 0.25) is 0 Å². The first kappa shape index (κ1) is 13.5. The molecule has 0 fully saturated rings. The van der Waals surface area contributed by atoms with Gasteiger partial charge in [0.1, 0.15) is 0 Å². The zero-order valence-electron chi connectivity index (χ0n) is 11.5. The first-order valence-electron chi connectivity index (χ1n) is 6.84. The fourth-order valence-corrected chi connectivity index (χ4v) is 2.52. The summed E-state index contributed by atoms with van der Waals surface area (Å²) in [5.74, 6) is -0.531. The highest BCUT2D eigenvalue weighted by molar-refractivity contribution is 6.21. The lowest BCUT2D eigenvalue weighted by Gasteiger charge is -2.13. The number of hydrogen-bond acceptors (Lipinski definition) is 3. The molecular weight excluding hydrogens is 266 g/mol. The quantitative estimate of drug-likeness (QED) is 0.872. The average molecular weight is 281 g/mol. The molecule has 0 aromatic heterocycles. The summed E-state index contributed by atoms with van der Waals surface area (Å²) in [4.78, 5) is 25.9. The van der Waals surface area contributed by atoms with Crippen LogP contribution in [0.5, 0.6) is 0 Å². The Morgan fingerprint density at radius 2 is 1.57 bits per heavy atom. The summed E-state index contributed by atoms with van der Waals surface area (Å²) in [6, 6.07) is 14.6. The molecule has 0 bridgehead atoms. The van der Waals surface area contributed by atoms with Gasteiger partial charge in [0.15, 0.2) is 0 Å². The zero-order valence-corrected chi connectivity index (χ0v) is 11.5. The van der Waals surface area contributed by atoms with Crippen LogP contribution in [0.2, 0.25) is 0 Å². The Morgan fingerprint density at radius 3 is 2.29 bits per heavy atom. The monoisotopic (exact) mass is 281 g/mol. The summed E-state index contributed by atoms with van der Waals surface area (Å²) in [5, 5.41) is 9.13. The Morgan fingerprint density at radius 1 is 0.857 bits per heavy atom. The predicted molar refractivity (Wildman–Crippen MR) is 77.9 cm³/mol. The van der Waals surface area contributed by atoms with Crippen LogP contribution in [0, 0.1) is 0 Å². The van der Waals surface area contributed by atoms with E-state index in [0.717, 1.165) is 5.56 Å². The summed E-state index contributed by atoms with van der Waals surface area (Å²) < 4.78 is 0. The van der Waals surface area contributed by atoms with Gasteiger partial charge >= 0.3 is 0 Å². The molecule has 2 amide bonds. The molecule has 0 atom stereocenters. The smallest absolute Gasteiger partial charge is 0.261 e. The van der Waals surface area contributed by atoms with Crippen LogP contribution in [-0.2, 0) is 13.0 Å². The van der Waals surface area contributed by atoms with E-state index in [1.807, 2.05) is 30.3 Å². The van der Waals surface area contributed by atoms with Crippen LogP contribution in [0.1, 0.15) is 31.8 Å². The number of rotatable bonds is 4. The molecule has 1 aliphatic heterocycles. The third-order valence-corrected chi connectivity index (χ3v) is 3.68. The molecule has 2 aromatic carbocycles. The number of imide groups is 1. The van der Waals surface area contributed by atoms with Gasteiger partial charge in [0, 0.05) is 6.54 Å². The fourth-order valence-electron chi connectivity index (χ4n) is 2.52. The molecule has 1 heterocycles. The summed E-state index contributed by atoms with van der Waals surface area (Å²) >= 11 is 0. The van der Waals surface area contributed by atoms with Crippen molar-refractivity contribution in [1.82, 2.24) is 4.90 Å². The second-order valence-corrected chi connectivity index (χ2v) is 5.04. The van der Waals surface area contributed by atoms with Gasteiger partial charge < -0.3 is 5.11 Å². The molecular formula is C17H15NO3. The van der Waals surface area contributed by atoms with E-state index in [4.69, 9.17) is 5.11 Å². The summed E-state index contributed by atoms with van der Waals surface area (Å²) in [5.41, 5.74) is 2.54. The van der Waals surface area contributed by atoms with Crippen molar-refractivity contribution in [2.45, 2.75) is 13.0 Å². The number of fused-ring (bicyclic) bond motifs is 1. The molecule has 0 radical (unpaired) electrons. The van der Waals surface area contributed by atoms with E-state index < -0.39 is 0 Å². The SMILES string of the molecule is O=C1c2ccc(CO)cc2C(=O)N1CCc1ccccc1. The Hall–Kier alpha value is -2.46. The second kappa shape index (κ2) is 5.50. The van der Waals surface area contributed by atoms with Crippen molar-refractivity contribution in [3.05, 3.63) is 70.8 Å². The van der Waals surface area contributed by atoms with Crippen molar-refractivity contribution >= 4 is 11.8 Å². The minimum atomic E-state index is -0.277. The average Bonchev–Trinajstić information content (AvgIpc) is 2.77. The molecule has 0 unspecified atom stereocenters. The zero-order chi connectivity index (χ0) is 14.8. The van der Waals surface area contributed by atoms with Crippen LogP contribution in [0.25, 0.3) is 0 Å². The number of hydrogen-bond donors (Lipinski definition) is 1. The maximum Gasteiger partial charge on any atom is 0.261 e. The second-order valence-electron chi connectivity index (χ2n) is 5.04. The normalized spacial score (nSPS) is 13.7. The molecule has 21 heavy (non-hydrogen) atoms. The van der Waals surface area contributed by atoms with Gasteiger partial charge in [0.25, 0.3) is 11.8 Å². The van der Waals surface area contributed by atoms with Crippen LogP contribution >= 0.6 is 0 Å². The lowest BCUT2D eigenvalue weighted by atomic mass is 10.1. The van der Waals surface area contributed by atoms with Crippen molar-refractivity contribution in [2.75, 3.05) is 6.54 Å². The van der Waals surface area contributed by atoms with Crippen molar-refractivity contribution in [1.29, 1.82) is 0 Å². The largest absolute Gasteiger partial charge is 0.392 e. The molecule has 2 aromatic rings. The first-order valence-corrected chi connectivity index (χ1v) is 6.84. The van der Waals surface area contributed by atoms with Crippen LogP contribution in [0.15, 0.2) is 48.5 Å². The fraction of sp³-hybridized carbons (Fsp3) is 0.176. The van der Waals surface area contributed by atoms with Gasteiger partial charge in [-0.05, 0) is 29.7 Å². The summed E-state index contributed by atoms with van der Waals surface area (Å²) in [6.07, 6.45) is 0.638. The third-order valence-electron chi connectivity index (χ3n) is 3.68. The predicted octanol–water partition coefficient (Wildman–Crippen LogP) is 2.02. The highest BCUT2D eigenvalue weighted by Gasteiger charge is 2.35. The van der Waals surface area contributed by atoms with E-state index in [-0.39, 0.29) is 18.4 Å². The molecule has 0 saturated heterocycles. The first-order chi connectivity index (χ1) is 10.2. The van der Waals surface area contributed by atoms with E-state index in [9.17, 15) is 9.59 Å². The molecule has 106 valence electrons. The van der Waals surface area contributed by atoms with Gasteiger partial charge in [-0.2, -0.15) is 0 Å². The molecule has 0 saturated carbocycles. The van der Waals surface area contributed by atoms with E-state index >= 15 is 0 Å². The minimum Gasteiger partial charge on any atom is -0.392 e. The molecule has 3 rings (SSSR count). The molecule has 1 aliphatic rings. The van der Waals surface area contributed by atoms with Crippen LogP contribution in [0.4, 0.5) is 0 Å². The van der Waals surface area contributed by atoms with E-state index in [1.54, 1.807) is 18.2 Å². The van der Waals surface area contributed by atoms with Gasteiger partial charge in [-0.3, -0.25) is 14.5 Å². The maximum atomic E-state index is 12.3. The molecule has 0 aliphatic carbocycles. The molecule has 4 nitrogen and oxygen atoms in total. The number of carbonyl (C=O) groups is 2. The van der Waals surface area contributed by atoms with Gasteiger partial charge in [-0.15, -0.1) is 0 Å². The van der Waals surface area contributed by atoms with E-state index in [1.165, 1.54) is 4.90 Å². The number of aliphatic hydroxyl groups is 1. The maximum absolute atomic E-state index is 12.3. The van der Waals surface area contributed by atoms with E-state index in [2.05, 4.69) is 0 Å². The van der Waals surface area contributed by atoms with Crippen LogP contribution < -0.4 is 0 Å². The summed E-state index contributed by atoms with van der Waals surface area (Å²) in [7, 11) is 0. The Bertz CT molecular complexity index is 694. The number of nitrogens with zero attached hydrogens (tertiary/aromatic N) is 1. The minimum absolute atomic E-state index is 0.140. The number of amides is 2. The standard InChI is InChI=1S/C17H15NO3/c19-11-13-6-7-14-15(10-13)17(21)18(16(14)20)9-8-12-4-2-1-3-5-12/h1-7,10,19H,8-9,11H2. The number of carbonyl (C=O) groups excluding carboxylic acids is 2. The van der Waals surface area contributed by atoms with Crippen molar-refractivity contribution in [3.8, 4) is 0 Å². The van der Waals surface area contributed by atoms with Crippen molar-refractivity contribution in [2.24, 2.45) is 0 Å². The Kier molecular flexibility index (Phi) is 3.54. The third kappa shape index (κ3) is 2.45. The molecule has 0 spiro atoms. The summed E-state index contributed by atoms with van der Waals surface area (Å²) in [6.45, 7) is 0.226. The number of benzene rings is 2. The Balaban J connectivity index is 1.80. The number of aliphatic hydroxyl groups excluding tert-OH is 1. The molecule has 4 heteroatoms. The highest BCUT2D eigenvalue weighted by Crippen LogP contribution is 2.24. The Labute approximate surface area is 122 Å². The van der Waals surface area contributed by atoms with Gasteiger partial charge in [-0.1, -0.05) is 36.4 Å². The lowest BCUT2D eigenvalue weighted by Crippen LogP contribution is -2.31. The van der Waals surface area contributed by atoms with Crippen LogP contribution in [-0.4, -0.2) is 28.4 Å². The highest BCUT2D eigenvalue weighted by atomic mass is 16.3. The van der Waals surface area contributed by atoms with Crippen molar-refractivity contribution < 1.29 is 14.7 Å². The van der Waals surface area contributed by atoms with E-state index in [0.29, 0.717) is 29.7 Å². The van der Waals surface area contributed by atoms with Gasteiger partial charge in [-0.25, -0.2) is 0 Å². The lowest BCUT2D eigenvalue weighted by molar-refractivity contribution is 0.0656. The van der Waals surface area contributed by atoms with Gasteiger partial charge in [0.05, 0.1) is 17.7 Å². The molecule has 1 N–H and O–H groups in total.